The normalized spacial score (nSPS) is 20.1. The summed E-state index contributed by atoms with van der Waals surface area (Å²) in [4.78, 5) is 0. The van der Waals surface area contributed by atoms with Crippen molar-refractivity contribution < 1.29 is 10.2 Å². The number of rotatable bonds is 2. The smallest absolute Gasteiger partial charge is 0.121 e. The quantitative estimate of drug-likeness (QED) is 0.598. The van der Waals surface area contributed by atoms with Crippen LogP contribution in [0.25, 0.3) is 0 Å². The topological polar surface area (TPSA) is 40.5 Å². The Hall–Kier alpha value is -1.96. The molecule has 1 fully saturated rings. The van der Waals surface area contributed by atoms with Gasteiger partial charge < -0.3 is 10.2 Å². The zero-order valence-corrected chi connectivity index (χ0v) is 18.8. The standard InChI is InChI=1S/C26H36O2/c1-16-9-20(10-17(2)22(16)27)26(14-24(5,6)13-25(7,8)15-26)21-11-18(3)23(28)19(4)12-21/h9-12,27-28H,13-15H2,1-8H3. The zero-order valence-electron chi connectivity index (χ0n) is 18.8. The van der Waals surface area contributed by atoms with Gasteiger partial charge in [0.2, 0.25) is 0 Å². The van der Waals surface area contributed by atoms with Crippen molar-refractivity contribution in [2.45, 2.75) is 80.1 Å². The highest BCUT2D eigenvalue weighted by Crippen LogP contribution is 2.58. The third-order valence-corrected chi connectivity index (χ3v) is 6.61. The van der Waals surface area contributed by atoms with Crippen LogP contribution >= 0.6 is 0 Å². The molecule has 0 bridgehead atoms. The van der Waals surface area contributed by atoms with E-state index in [1.165, 1.54) is 17.5 Å². The summed E-state index contributed by atoms with van der Waals surface area (Å²) >= 11 is 0. The van der Waals surface area contributed by atoms with Crippen molar-refractivity contribution in [2.75, 3.05) is 0 Å². The molecule has 1 saturated carbocycles. The van der Waals surface area contributed by atoms with Gasteiger partial charge in [0.15, 0.2) is 0 Å². The van der Waals surface area contributed by atoms with Crippen molar-refractivity contribution in [3.8, 4) is 11.5 Å². The lowest BCUT2D eigenvalue weighted by Crippen LogP contribution is -2.45. The van der Waals surface area contributed by atoms with Crippen molar-refractivity contribution in [2.24, 2.45) is 10.8 Å². The molecule has 0 aromatic heterocycles. The van der Waals surface area contributed by atoms with Gasteiger partial charge in [0.25, 0.3) is 0 Å². The Kier molecular flexibility index (Phi) is 4.85. The lowest BCUT2D eigenvalue weighted by Gasteiger charge is -2.53. The Balaban J connectivity index is 2.35. The van der Waals surface area contributed by atoms with Gasteiger partial charge in [-0.15, -0.1) is 0 Å². The molecule has 0 atom stereocenters. The molecule has 0 unspecified atom stereocenters. The van der Waals surface area contributed by atoms with Gasteiger partial charge in [-0.25, -0.2) is 0 Å². The molecule has 0 amide bonds. The SMILES string of the molecule is Cc1cc(C2(c3cc(C)c(O)c(C)c3)CC(C)(C)CC(C)(C)C2)cc(C)c1O. The van der Waals surface area contributed by atoms with Crippen LogP contribution < -0.4 is 0 Å². The van der Waals surface area contributed by atoms with Crippen LogP contribution in [0.2, 0.25) is 0 Å². The van der Waals surface area contributed by atoms with Crippen LogP contribution in [0.1, 0.15) is 80.3 Å². The molecule has 2 nitrogen and oxygen atoms in total. The second-order valence-corrected chi connectivity index (χ2v) is 10.9. The van der Waals surface area contributed by atoms with E-state index in [1.54, 1.807) is 0 Å². The largest absolute Gasteiger partial charge is 0.507 e. The molecule has 1 aliphatic carbocycles. The predicted octanol–water partition coefficient (Wildman–Crippen LogP) is 6.85. The highest BCUT2D eigenvalue weighted by atomic mass is 16.3. The van der Waals surface area contributed by atoms with E-state index in [1.807, 2.05) is 27.7 Å². The van der Waals surface area contributed by atoms with Crippen LogP contribution in [0.15, 0.2) is 24.3 Å². The van der Waals surface area contributed by atoms with E-state index in [9.17, 15) is 10.2 Å². The molecule has 0 radical (unpaired) electrons. The van der Waals surface area contributed by atoms with Crippen LogP contribution in [0.3, 0.4) is 0 Å². The third-order valence-electron chi connectivity index (χ3n) is 6.61. The van der Waals surface area contributed by atoms with Crippen LogP contribution in [0, 0.1) is 38.5 Å². The Labute approximate surface area is 170 Å². The molecular weight excluding hydrogens is 344 g/mol. The first-order valence-corrected chi connectivity index (χ1v) is 10.4. The second kappa shape index (κ2) is 6.54. The minimum absolute atomic E-state index is 0.141. The molecular formula is C26H36O2. The summed E-state index contributed by atoms with van der Waals surface area (Å²) in [6, 6.07) is 8.71. The van der Waals surface area contributed by atoms with Gasteiger partial charge in [-0.1, -0.05) is 52.0 Å². The average molecular weight is 381 g/mol. The average Bonchev–Trinajstić information content (AvgIpc) is 2.53. The van der Waals surface area contributed by atoms with Gasteiger partial charge in [0.1, 0.15) is 11.5 Å². The van der Waals surface area contributed by atoms with Crippen molar-refractivity contribution in [1.29, 1.82) is 0 Å². The summed E-state index contributed by atoms with van der Waals surface area (Å²) in [6.45, 7) is 17.5. The summed E-state index contributed by atoms with van der Waals surface area (Å²) in [5.41, 5.74) is 6.55. The van der Waals surface area contributed by atoms with Crippen molar-refractivity contribution in [1.82, 2.24) is 0 Å². The third kappa shape index (κ3) is 3.54. The summed E-state index contributed by atoms with van der Waals surface area (Å²) in [5, 5.41) is 20.8. The van der Waals surface area contributed by atoms with Crippen molar-refractivity contribution in [3.63, 3.8) is 0 Å². The first-order valence-electron chi connectivity index (χ1n) is 10.4. The molecule has 28 heavy (non-hydrogen) atoms. The molecule has 3 rings (SSSR count). The molecule has 2 aromatic rings. The van der Waals surface area contributed by atoms with Crippen LogP contribution in [0.4, 0.5) is 0 Å². The maximum atomic E-state index is 10.4. The second-order valence-electron chi connectivity index (χ2n) is 10.9. The summed E-state index contributed by atoms with van der Waals surface area (Å²) in [5.74, 6) is 0.789. The van der Waals surface area contributed by atoms with Gasteiger partial charge in [-0.3, -0.25) is 0 Å². The molecule has 0 saturated heterocycles. The summed E-state index contributed by atoms with van der Waals surface area (Å²) < 4.78 is 0. The van der Waals surface area contributed by atoms with Gasteiger partial charge in [0, 0.05) is 5.41 Å². The number of phenols is 2. The number of benzene rings is 2. The molecule has 1 aliphatic rings. The minimum Gasteiger partial charge on any atom is -0.507 e. The Morgan fingerprint density at radius 3 is 1.14 bits per heavy atom. The summed E-state index contributed by atoms with van der Waals surface area (Å²) in [6.07, 6.45) is 3.29. The minimum atomic E-state index is -0.141. The number of aromatic hydroxyl groups is 2. The van der Waals surface area contributed by atoms with E-state index < -0.39 is 0 Å². The van der Waals surface area contributed by atoms with Crippen LogP contribution in [-0.4, -0.2) is 10.2 Å². The molecule has 2 aromatic carbocycles. The first-order chi connectivity index (χ1) is 12.8. The maximum Gasteiger partial charge on any atom is 0.121 e. The van der Waals surface area contributed by atoms with Crippen LogP contribution in [-0.2, 0) is 5.41 Å². The fourth-order valence-electron chi connectivity index (χ4n) is 6.16. The molecule has 0 heterocycles. The predicted molar refractivity (Wildman–Crippen MR) is 117 cm³/mol. The Bertz CT molecular complexity index is 797. The number of hydrogen-bond donors (Lipinski definition) is 2. The lowest BCUT2D eigenvalue weighted by molar-refractivity contribution is 0.0625. The van der Waals surface area contributed by atoms with E-state index >= 15 is 0 Å². The molecule has 0 spiro atoms. The van der Waals surface area contributed by atoms with E-state index in [0.717, 1.165) is 35.1 Å². The van der Waals surface area contributed by atoms with Crippen molar-refractivity contribution in [3.05, 3.63) is 57.6 Å². The molecule has 152 valence electrons. The summed E-state index contributed by atoms with van der Waals surface area (Å²) in [7, 11) is 0. The van der Waals surface area contributed by atoms with E-state index in [-0.39, 0.29) is 16.2 Å². The van der Waals surface area contributed by atoms with Gasteiger partial charge >= 0.3 is 0 Å². The van der Waals surface area contributed by atoms with Gasteiger partial charge in [0.05, 0.1) is 0 Å². The number of aryl methyl sites for hydroxylation is 4. The fourth-order valence-corrected chi connectivity index (χ4v) is 6.16. The monoisotopic (exact) mass is 380 g/mol. The van der Waals surface area contributed by atoms with E-state index in [4.69, 9.17) is 0 Å². The lowest BCUT2D eigenvalue weighted by atomic mass is 9.51. The Morgan fingerprint density at radius 2 is 0.857 bits per heavy atom. The van der Waals surface area contributed by atoms with E-state index in [0.29, 0.717) is 11.5 Å². The van der Waals surface area contributed by atoms with Crippen LogP contribution in [0.5, 0.6) is 11.5 Å². The molecule has 0 aliphatic heterocycles. The van der Waals surface area contributed by atoms with Crippen molar-refractivity contribution >= 4 is 0 Å². The Morgan fingerprint density at radius 1 is 0.571 bits per heavy atom. The molecule has 2 heteroatoms. The molecule has 2 N–H and O–H groups in total. The zero-order chi connectivity index (χ0) is 21.1. The number of phenolic OH excluding ortho intramolecular Hbond substituents is 2. The first kappa shape index (κ1) is 20.8. The van der Waals surface area contributed by atoms with Gasteiger partial charge in [-0.05, 0) is 91.2 Å². The maximum absolute atomic E-state index is 10.4. The highest BCUT2D eigenvalue weighted by molar-refractivity contribution is 5.53. The number of hydrogen-bond acceptors (Lipinski definition) is 2. The highest BCUT2D eigenvalue weighted by Gasteiger charge is 2.49. The van der Waals surface area contributed by atoms with Gasteiger partial charge in [-0.2, -0.15) is 0 Å². The fraction of sp³-hybridized carbons (Fsp3) is 0.538. The van der Waals surface area contributed by atoms with E-state index in [2.05, 4.69) is 52.0 Å².